The lowest BCUT2D eigenvalue weighted by Crippen LogP contribution is -2.01. The number of rotatable bonds is 5. The van der Waals surface area contributed by atoms with Gasteiger partial charge in [-0.05, 0) is 24.1 Å². The lowest BCUT2D eigenvalue weighted by molar-refractivity contribution is 0.281. The summed E-state index contributed by atoms with van der Waals surface area (Å²) < 4.78 is 5.63. The first-order chi connectivity index (χ1) is 9.21. The number of aliphatic hydroxyl groups excluding tert-OH is 1. The highest BCUT2D eigenvalue weighted by atomic mass is 16.5. The Bertz CT molecular complexity index is 541. The first-order valence-corrected chi connectivity index (χ1v) is 6.22. The maximum atomic E-state index is 8.97. The van der Waals surface area contributed by atoms with Crippen molar-refractivity contribution in [2.75, 3.05) is 5.73 Å². The smallest absolute Gasteiger partial charge is 0.224 e. The van der Waals surface area contributed by atoms with Crippen LogP contribution in [0.4, 0.5) is 5.82 Å². The van der Waals surface area contributed by atoms with Crippen molar-refractivity contribution in [2.24, 2.45) is 0 Å². The van der Waals surface area contributed by atoms with Gasteiger partial charge in [-0.1, -0.05) is 19.1 Å². The minimum atomic E-state index is 0.0153. The second-order valence-electron chi connectivity index (χ2n) is 4.20. The molecule has 2 rings (SSSR count). The maximum Gasteiger partial charge on any atom is 0.224 e. The van der Waals surface area contributed by atoms with Crippen LogP contribution in [0.1, 0.15) is 24.7 Å². The van der Waals surface area contributed by atoms with E-state index < -0.39 is 0 Å². The summed E-state index contributed by atoms with van der Waals surface area (Å²) in [6, 6.07) is 8.76. The molecule has 0 aliphatic rings. The minimum Gasteiger partial charge on any atom is -0.439 e. The highest BCUT2D eigenvalue weighted by Crippen LogP contribution is 2.21. The van der Waals surface area contributed by atoms with E-state index in [9.17, 15) is 0 Å². The molecule has 3 N–H and O–H groups in total. The third-order valence-electron chi connectivity index (χ3n) is 2.57. The molecule has 0 saturated heterocycles. The standard InChI is InChI=1S/C14H17N3O2/c1-2-3-13-16-12(15)8-14(17-13)19-11-6-4-10(9-18)5-7-11/h4-8,18H,2-3,9H2,1H3,(H2,15,16,17). The number of nitrogens with zero attached hydrogens (tertiary/aromatic N) is 2. The predicted molar refractivity (Wildman–Crippen MR) is 72.9 cm³/mol. The van der Waals surface area contributed by atoms with Gasteiger partial charge in [-0.3, -0.25) is 0 Å². The van der Waals surface area contributed by atoms with Crippen molar-refractivity contribution in [3.63, 3.8) is 0 Å². The van der Waals surface area contributed by atoms with Gasteiger partial charge in [0, 0.05) is 12.5 Å². The van der Waals surface area contributed by atoms with Crippen molar-refractivity contribution in [3.8, 4) is 11.6 Å². The molecule has 2 aromatic rings. The number of aromatic nitrogens is 2. The molecule has 1 aromatic carbocycles. The molecule has 0 spiro atoms. The number of nitrogens with two attached hydrogens (primary N) is 1. The largest absolute Gasteiger partial charge is 0.439 e. The molecule has 5 heteroatoms. The van der Waals surface area contributed by atoms with Gasteiger partial charge in [0.2, 0.25) is 5.88 Å². The van der Waals surface area contributed by atoms with Gasteiger partial charge >= 0.3 is 0 Å². The van der Waals surface area contributed by atoms with E-state index in [2.05, 4.69) is 16.9 Å². The summed E-state index contributed by atoms with van der Waals surface area (Å²) >= 11 is 0. The fraction of sp³-hybridized carbons (Fsp3) is 0.286. The Labute approximate surface area is 112 Å². The van der Waals surface area contributed by atoms with Crippen LogP contribution in [0.2, 0.25) is 0 Å². The molecule has 5 nitrogen and oxygen atoms in total. The van der Waals surface area contributed by atoms with Crippen LogP contribution in [0.3, 0.4) is 0 Å². The molecule has 1 aromatic heterocycles. The summed E-state index contributed by atoms with van der Waals surface area (Å²) in [5.74, 6) is 2.18. The Morgan fingerprint density at radius 1 is 1.21 bits per heavy atom. The Balaban J connectivity index is 2.17. The van der Waals surface area contributed by atoms with Gasteiger partial charge in [0.15, 0.2) is 0 Å². The number of anilines is 1. The van der Waals surface area contributed by atoms with E-state index in [1.807, 2.05) is 0 Å². The molecular formula is C14H17N3O2. The normalized spacial score (nSPS) is 10.4. The summed E-state index contributed by atoms with van der Waals surface area (Å²) in [4.78, 5) is 8.44. The van der Waals surface area contributed by atoms with Crippen LogP contribution >= 0.6 is 0 Å². The molecule has 0 atom stereocenters. The fourth-order valence-corrected chi connectivity index (χ4v) is 1.66. The topological polar surface area (TPSA) is 81.3 Å². The molecule has 19 heavy (non-hydrogen) atoms. The summed E-state index contributed by atoms with van der Waals surface area (Å²) in [7, 11) is 0. The van der Waals surface area contributed by atoms with Gasteiger partial charge in [0.05, 0.1) is 6.61 Å². The average molecular weight is 259 g/mol. The van der Waals surface area contributed by atoms with Gasteiger partial charge in [0.25, 0.3) is 0 Å². The van der Waals surface area contributed by atoms with Crippen molar-refractivity contribution >= 4 is 5.82 Å². The molecule has 0 bridgehead atoms. The van der Waals surface area contributed by atoms with Crippen LogP contribution in [-0.2, 0) is 13.0 Å². The van der Waals surface area contributed by atoms with E-state index in [0.29, 0.717) is 23.3 Å². The van der Waals surface area contributed by atoms with Crippen molar-refractivity contribution < 1.29 is 9.84 Å². The zero-order valence-corrected chi connectivity index (χ0v) is 10.8. The van der Waals surface area contributed by atoms with Crippen LogP contribution < -0.4 is 10.5 Å². The van der Waals surface area contributed by atoms with Gasteiger partial charge in [-0.2, -0.15) is 4.98 Å². The zero-order valence-electron chi connectivity index (χ0n) is 10.8. The van der Waals surface area contributed by atoms with E-state index in [1.54, 1.807) is 30.3 Å². The van der Waals surface area contributed by atoms with Crippen molar-refractivity contribution in [3.05, 3.63) is 41.7 Å². The highest BCUT2D eigenvalue weighted by molar-refractivity contribution is 5.36. The number of aliphatic hydroxyl groups is 1. The lowest BCUT2D eigenvalue weighted by Gasteiger charge is -2.07. The Hall–Kier alpha value is -2.14. The van der Waals surface area contributed by atoms with Crippen molar-refractivity contribution in [2.45, 2.75) is 26.4 Å². The third-order valence-corrected chi connectivity index (χ3v) is 2.57. The molecular weight excluding hydrogens is 242 g/mol. The summed E-state index contributed by atoms with van der Waals surface area (Å²) in [6.45, 7) is 2.07. The van der Waals surface area contributed by atoms with Crippen LogP contribution in [0.15, 0.2) is 30.3 Å². The Kier molecular flexibility index (Phi) is 4.30. The SMILES string of the molecule is CCCc1nc(N)cc(Oc2ccc(CO)cc2)n1. The average Bonchev–Trinajstić information content (AvgIpc) is 2.39. The van der Waals surface area contributed by atoms with Crippen LogP contribution in [0, 0.1) is 0 Å². The van der Waals surface area contributed by atoms with E-state index in [1.165, 1.54) is 0 Å². The number of hydrogen-bond acceptors (Lipinski definition) is 5. The van der Waals surface area contributed by atoms with Crippen LogP contribution in [0.5, 0.6) is 11.6 Å². The maximum absolute atomic E-state index is 8.97. The zero-order chi connectivity index (χ0) is 13.7. The Morgan fingerprint density at radius 3 is 2.58 bits per heavy atom. The molecule has 1 heterocycles. The molecule has 0 aliphatic carbocycles. The Morgan fingerprint density at radius 2 is 1.95 bits per heavy atom. The van der Waals surface area contributed by atoms with E-state index in [0.717, 1.165) is 18.4 Å². The van der Waals surface area contributed by atoms with Crippen LogP contribution in [0.25, 0.3) is 0 Å². The molecule has 0 saturated carbocycles. The quantitative estimate of drug-likeness (QED) is 0.861. The molecule has 0 radical (unpaired) electrons. The number of ether oxygens (including phenoxy) is 1. The second-order valence-corrected chi connectivity index (χ2v) is 4.20. The summed E-state index contributed by atoms with van der Waals surface area (Å²) in [5.41, 5.74) is 6.56. The molecule has 0 aliphatic heterocycles. The molecule has 0 unspecified atom stereocenters. The number of benzene rings is 1. The van der Waals surface area contributed by atoms with E-state index in [4.69, 9.17) is 15.6 Å². The van der Waals surface area contributed by atoms with Gasteiger partial charge < -0.3 is 15.6 Å². The number of aryl methyl sites for hydroxylation is 1. The van der Waals surface area contributed by atoms with Gasteiger partial charge in [-0.25, -0.2) is 4.98 Å². The highest BCUT2D eigenvalue weighted by Gasteiger charge is 2.04. The fourth-order valence-electron chi connectivity index (χ4n) is 1.66. The van der Waals surface area contributed by atoms with Crippen molar-refractivity contribution in [1.82, 2.24) is 9.97 Å². The number of hydrogen-bond donors (Lipinski definition) is 2. The minimum absolute atomic E-state index is 0.0153. The summed E-state index contributed by atoms with van der Waals surface area (Å²) in [5, 5.41) is 8.97. The monoisotopic (exact) mass is 259 g/mol. The first kappa shape index (κ1) is 13.3. The number of nitrogen functional groups attached to an aromatic ring is 1. The predicted octanol–water partition coefficient (Wildman–Crippen LogP) is 2.30. The van der Waals surface area contributed by atoms with Gasteiger partial charge in [-0.15, -0.1) is 0 Å². The van der Waals surface area contributed by atoms with E-state index >= 15 is 0 Å². The van der Waals surface area contributed by atoms with Crippen molar-refractivity contribution in [1.29, 1.82) is 0 Å². The van der Waals surface area contributed by atoms with E-state index in [-0.39, 0.29) is 6.61 Å². The summed E-state index contributed by atoms with van der Waals surface area (Å²) in [6.07, 6.45) is 1.72. The van der Waals surface area contributed by atoms with Crippen LogP contribution in [-0.4, -0.2) is 15.1 Å². The van der Waals surface area contributed by atoms with Gasteiger partial charge in [0.1, 0.15) is 17.4 Å². The molecule has 0 fully saturated rings. The third kappa shape index (κ3) is 3.66. The molecule has 0 amide bonds. The first-order valence-electron chi connectivity index (χ1n) is 6.22. The lowest BCUT2D eigenvalue weighted by atomic mass is 10.2. The second kappa shape index (κ2) is 6.15. The molecule has 100 valence electrons.